The molecule has 0 aliphatic rings. The van der Waals surface area contributed by atoms with Crippen molar-refractivity contribution in [3.05, 3.63) is 35.4 Å². The molecule has 1 rings (SSSR count). The Hall–Kier alpha value is -1.50. The minimum Gasteiger partial charge on any atom is -0.198 e. The highest BCUT2D eigenvalue weighted by Gasteiger charge is 2.30. The van der Waals surface area contributed by atoms with Gasteiger partial charge in [0.2, 0.25) is 0 Å². The van der Waals surface area contributed by atoms with Crippen LogP contribution in [0.1, 0.15) is 58.1 Å². The molecule has 0 aliphatic heterocycles. The standard InChI is InChI=1S/C12H15F3.C6H11N/c1-3-9(2)7-10-5-4-6-11(8-10)12(13,14)15;1-6(2)4-3-5-7/h4-6,8-9H,3,7H2,1-2H3;6H,3-4H2,1-2H3. The van der Waals surface area contributed by atoms with Crippen LogP contribution < -0.4 is 0 Å². The lowest BCUT2D eigenvalue weighted by atomic mass is 9.97. The largest absolute Gasteiger partial charge is 0.416 e. The van der Waals surface area contributed by atoms with Crippen LogP contribution in [-0.4, -0.2) is 0 Å². The van der Waals surface area contributed by atoms with Crippen LogP contribution in [-0.2, 0) is 12.6 Å². The summed E-state index contributed by atoms with van der Waals surface area (Å²) >= 11 is 0. The Labute approximate surface area is 132 Å². The molecule has 0 amide bonds. The first kappa shape index (κ1) is 20.5. The molecule has 0 bridgehead atoms. The first-order valence-electron chi connectivity index (χ1n) is 7.73. The zero-order chi connectivity index (χ0) is 17.2. The van der Waals surface area contributed by atoms with Crippen molar-refractivity contribution in [3.63, 3.8) is 0 Å². The van der Waals surface area contributed by atoms with Gasteiger partial charge >= 0.3 is 6.18 Å². The minimum atomic E-state index is -4.23. The molecule has 1 unspecified atom stereocenters. The molecule has 0 aromatic heterocycles. The lowest BCUT2D eigenvalue weighted by Gasteiger charge is -2.11. The zero-order valence-corrected chi connectivity index (χ0v) is 13.9. The first-order valence-corrected chi connectivity index (χ1v) is 7.73. The number of nitrogens with zero attached hydrogens (tertiary/aromatic N) is 1. The van der Waals surface area contributed by atoms with Gasteiger partial charge in [-0.2, -0.15) is 18.4 Å². The number of halogens is 3. The van der Waals surface area contributed by atoms with Crippen molar-refractivity contribution in [2.75, 3.05) is 0 Å². The molecule has 0 N–H and O–H groups in total. The molecule has 0 aliphatic carbocycles. The molecule has 0 heterocycles. The summed E-state index contributed by atoms with van der Waals surface area (Å²) in [5.74, 6) is 1.10. The van der Waals surface area contributed by atoms with Crippen molar-refractivity contribution >= 4 is 0 Å². The molecule has 124 valence electrons. The van der Waals surface area contributed by atoms with E-state index in [1.165, 1.54) is 12.1 Å². The minimum absolute atomic E-state index is 0.425. The maximum absolute atomic E-state index is 12.4. The Morgan fingerprint density at radius 1 is 1.18 bits per heavy atom. The Kier molecular flexibility index (Phi) is 9.56. The normalized spacial score (nSPS) is 12.3. The maximum atomic E-state index is 12.4. The topological polar surface area (TPSA) is 23.8 Å². The van der Waals surface area contributed by atoms with E-state index in [9.17, 15) is 13.2 Å². The van der Waals surface area contributed by atoms with Gasteiger partial charge < -0.3 is 0 Å². The Balaban J connectivity index is 0.000000534. The molecule has 4 heteroatoms. The van der Waals surface area contributed by atoms with Crippen LogP contribution in [0.3, 0.4) is 0 Å². The van der Waals surface area contributed by atoms with Gasteiger partial charge in [0.05, 0.1) is 11.6 Å². The van der Waals surface area contributed by atoms with Gasteiger partial charge in [0.15, 0.2) is 0 Å². The van der Waals surface area contributed by atoms with Crippen LogP contribution >= 0.6 is 0 Å². The predicted octanol–water partition coefficient (Wildman–Crippen LogP) is 6.24. The van der Waals surface area contributed by atoms with Gasteiger partial charge in [-0.25, -0.2) is 0 Å². The first-order chi connectivity index (χ1) is 10.2. The van der Waals surface area contributed by atoms with Gasteiger partial charge in [-0.3, -0.25) is 0 Å². The van der Waals surface area contributed by atoms with Crippen molar-refractivity contribution in [2.45, 2.75) is 59.6 Å². The summed E-state index contributed by atoms with van der Waals surface area (Å²) in [6, 6.07) is 7.68. The molecular formula is C18H26F3N. The van der Waals surface area contributed by atoms with Crippen LogP contribution in [0.4, 0.5) is 13.2 Å². The van der Waals surface area contributed by atoms with E-state index in [2.05, 4.69) is 19.9 Å². The van der Waals surface area contributed by atoms with Crippen LogP contribution in [0.5, 0.6) is 0 Å². The van der Waals surface area contributed by atoms with Crippen molar-refractivity contribution in [1.82, 2.24) is 0 Å². The molecular weight excluding hydrogens is 287 g/mol. The van der Waals surface area contributed by atoms with E-state index in [4.69, 9.17) is 5.26 Å². The third kappa shape index (κ3) is 9.44. The lowest BCUT2D eigenvalue weighted by Crippen LogP contribution is -2.06. The van der Waals surface area contributed by atoms with Gasteiger partial charge in [-0.15, -0.1) is 0 Å². The molecule has 0 saturated heterocycles. The summed E-state index contributed by atoms with van der Waals surface area (Å²) in [5, 5.41) is 8.07. The van der Waals surface area contributed by atoms with E-state index in [0.29, 0.717) is 24.7 Å². The molecule has 0 spiro atoms. The van der Waals surface area contributed by atoms with Gasteiger partial charge in [0.25, 0.3) is 0 Å². The average Bonchev–Trinajstić information content (AvgIpc) is 2.45. The highest BCUT2D eigenvalue weighted by molar-refractivity contribution is 5.25. The third-order valence-electron chi connectivity index (χ3n) is 3.37. The summed E-state index contributed by atoms with van der Waals surface area (Å²) in [5.41, 5.74) is 0.211. The SMILES string of the molecule is CC(C)CCC#N.CCC(C)Cc1cccc(C(F)(F)F)c1. The quantitative estimate of drug-likeness (QED) is 0.631. The van der Waals surface area contributed by atoms with Crippen LogP contribution in [0.25, 0.3) is 0 Å². The number of nitriles is 1. The smallest absolute Gasteiger partial charge is 0.198 e. The molecule has 1 nitrogen and oxygen atoms in total. The molecule has 0 fully saturated rings. The average molecular weight is 313 g/mol. The van der Waals surface area contributed by atoms with Crippen molar-refractivity contribution in [1.29, 1.82) is 5.26 Å². The number of hydrogen-bond acceptors (Lipinski definition) is 1. The van der Waals surface area contributed by atoms with E-state index in [1.807, 2.05) is 13.8 Å². The Bertz CT molecular complexity index is 458. The van der Waals surface area contributed by atoms with Crippen LogP contribution in [0.15, 0.2) is 24.3 Å². The van der Waals surface area contributed by atoms with E-state index in [1.54, 1.807) is 6.07 Å². The fourth-order valence-electron chi connectivity index (χ4n) is 1.77. The van der Waals surface area contributed by atoms with Crippen molar-refractivity contribution < 1.29 is 13.2 Å². The molecule has 0 saturated carbocycles. The van der Waals surface area contributed by atoms with E-state index in [0.717, 1.165) is 24.5 Å². The predicted molar refractivity (Wildman–Crippen MR) is 84.3 cm³/mol. The third-order valence-corrected chi connectivity index (χ3v) is 3.37. The van der Waals surface area contributed by atoms with E-state index >= 15 is 0 Å². The zero-order valence-electron chi connectivity index (χ0n) is 13.9. The number of hydrogen-bond donors (Lipinski definition) is 0. The summed E-state index contributed by atoms with van der Waals surface area (Å²) < 4.78 is 37.2. The van der Waals surface area contributed by atoms with Gasteiger partial charge in [0.1, 0.15) is 0 Å². The fraction of sp³-hybridized carbons (Fsp3) is 0.611. The summed E-state index contributed by atoms with van der Waals surface area (Å²) in [6.07, 6.45) is -0.795. The van der Waals surface area contributed by atoms with E-state index in [-0.39, 0.29) is 0 Å². The van der Waals surface area contributed by atoms with Crippen molar-refractivity contribution in [2.24, 2.45) is 11.8 Å². The molecule has 22 heavy (non-hydrogen) atoms. The summed E-state index contributed by atoms with van der Waals surface area (Å²) in [6.45, 7) is 8.33. The second-order valence-electron chi connectivity index (χ2n) is 6.01. The second-order valence-corrected chi connectivity index (χ2v) is 6.01. The second kappa shape index (κ2) is 10.3. The maximum Gasteiger partial charge on any atom is 0.416 e. The Morgan fingerprint density at radius 2 is 1.82 bits per heavy atom. The van der Waals surface area contributed by atoms with Gasteiger partial charge in [0, 0.05) is 6.42 Å². The molecule has 1 aromatic carbocycles. The monoisotopic (exact) mass is 313 g/mol. The van der Waals surface area contributed by atoms with Crippen LogP contribution in [0, 0.1) is 23.2 Å². The van der Waals surface area contributed by atoms with Gasteiger partial charge in [-0.05, 0) is 36.3 Å². The fourth-order valence-corrected chi connectivity index (χ4v) is 1.77. The highest BCUT2D eigenvalue weighted by atomic mass is 19.4. The number of rotatable bonds is 5. The summed E-state index contributed by atoms with van der Waals surface area (Å²) in [7, 11) is 0. The Morgan fingerprint density at radius 3 is 2.23 bits per heavy atom. The molecule has 1 atom stereocenters. The highest BCUT2D eigenvalue weighted by Crippen LogP contribution is 2.30. The number of benzene rings is 1. The van der Waals surface area contributed by atoms with Crippen molar-refractivity contribution in [3.8, 4) is 6.07 Å². The van der Waals surface area contributed by atoms with Crippen LogP contribution in [0.2, 0.25) is 0 Å². The van der Waals surface area contributed by atoms with Gasteiger partial charge in [-0.1, -0.05) is 52.3 Å². The lowest BCUT2D eigenvalue weighted by molar-refractivity contribution is -0.137. The molecule has 0 radical (unpaired) electrons. The molecule has 1 aromatic rings. The van der Waals surface area contributed by atoms with E-state index < -0.39 is 11.7 Å². The summed E-state index contributed by atoms with van der Waals surface area (Å²) in [4.78, 5) is 0. The number of alkyl halides is 3.